The molecule has 1 aromatic heterocycles. The lowest BCUT2D eigenvalue weighted by Crippen LogP contribution is -1.94. The zero-order chi connectivity index (χ0) is 11.2. The Hall–Kier alpha value is -0.930. The van der Waals surface area contributed by atoms with E-state index >= 15 is 0 Å². The minimum absolute atomic E-state index is 0.789. The normalized spacial score (nSPS) is 10.3. The van der Waals surface area contributed by atoms with Crippen molar-refractivity contribution >= 4 is 23.1 Å². The van der Waals surface area contributed by atoms with Gasteiger partial charge in [0.25, 0.3) is 0 Å². The quantitative estimate of drug-likeness (QED) is 0.761. The van der Waals surface area contributed by atoms with Gasteiger partial charge in [-0.25, -0.2) is 0 Å². The Kier molecular flexibility index (Phi) is 4.31. The first-order chi connectivity index (χ1) is 7.88. The van der Waals surface area contributed by atoms with Crippen LogP contribution in [0.25, 0.3) is 0 Å². The van der Waals surface area contributed by atoms with E-state index < -0.39 is 0 Å². The first-order valence-corrected chi connectivity index (χ1v) is 7.02. The molecule has 1 heterocycles. The van der Waals surface area contributed by atoms with Crippen molar-refractivity contribution < 1.29 is 4.74 Å². The second kappa shape index (κ2) is 5.97. The van der Waals surface area contributed by atoms with E-state index in [4.69, 9.17) is 4.74 Å². The second-order valence-corrected chi connectivity index (χ2v) is 5.68. The predicted octanol–water partition coefficient (Wildman–Crippen LogP) is 4.69. The van der Waals surface area contributed by atoms with Crippen molar-refractivity contribution in [1.82, 2.24) is 0 Å². The maximum absolute atomic E-state index is 5.54. The molecule has 0 saturated carbocycles. The van der Waals surface area contributed by atoms with Gasteiger partial charge in [-0.1, -0.05) is 24.8 Å². The van der Waals surface area contributed by atoms with Crippen LogP contribution in [0.2, 0.25) is 0 Å². The van der Waals surface area contributed by atoms with Crippen LogP contribution in [0.5, 0.6) is 5.75 Å². The molecule has 0 amide bonds. The summed E-state index contributed by atoms with van der Waals surface area (Å²) in [7, 11) is 0. The molecule has 3 heteroatoms. The summed E-state index contributed by atoms with van der Waals surface area (Å²) < 4.78 is 6.86. The van der Waals surface area contributed by atoms with Gasteiger partial charge in [0.2, 0.25) is 0 Å². The molecule has 0 aliphatic heterocycles. The molecule has 0 bridgehead atoms. The van der Waals surface area contributed by atoms with E-state index in [2.05, 4.69) is 36.6 Å². The highest BCUT2D eigenvalue weighted by Crippen LogP contribution is 2.31. The molecule has 0 spiro atoms. The standard InChI is InChI=1S/C13H14OS2/c1-2-9-14-11-5-7-12(8-6-11)16-13-4-3-10-15-13/h3-8,10H,2,9H2,1H3. The maximum atomic E-state index is 5.54. The van der Waals surface area contributed by atoms with E-state index in [1.54, 1.807) is 23.1 Å². The van der Waals surface area contributed by atoms with Crippen LogP contribution in [0.1, 0.15) is 13.3 Å². The minimum atomic E-state index is 0.789. The van der Waals surface area contributed by atoms with E-state index in [0.717, 1.165) is 18.8 Å². The highest BCUT2D eigenvalue weighted by molar-refractivity contribution is 8.01. The Morgan fingerprint density at radius 3 is 2.62 bits per heavy atom. The third kappa shape index (κ3) is 3.29. The number of rotatable bonds is 5. The third-order valence-corrected chi connectivity index (χ3v) is 4.06. The number of thiophene rings is 1. The Bertz CT molecular complexity index is 406. The summed E-state index contributed by atoms with van der Waals surface area (Å²) >= 11 is 3.56. The van der Waals surface area contributed by atoms with E-state index in [-0.39, 0.29) is 0 Å². The van der Waals surface area contributed by atoms with Gasteiger partial charge < -0.3 is 4.74 Å². The fraction of sp³-hybridized carbons (Fsp3) is 0.231. The Morgan fingerprint density at radius 1 is 1.19 bits per heavy atom. The van der Waals surface area contributed by atoms with Crippen LogP contribution < -0.4 is 4.74 Å². The van der Waals surface area contributed by atoms with Crippen molar-refractivity contribution in [2.75, 3.05) is 6.61 Å². The second-order valence-electron chi connectivity index (χ2n) is 3.35. The summed E-state index contributed by atoms with van der Waals surface area (Å²) in [5, 5.41) is 2.10. The molecule has 2 rings (SSSR count). The first-order valence-electron chi connectivity index (χ1n) is 5.32. The van der Waals surface area contributed by atoms with Crippen LogP contribution in [0.15, 0.2) is 50.9 Å². The highest BCUT2D eigenvalue weighted by atomic mass is 32.2. The summed E-state index contributed by atoms with van der Waals surface area (Å²) in [4.78, 5) is 1.26. The number of hydrogen-bond acceptors (Lipinski definition) is 3. The van der Waals surface area contributed by atoms with Gasteiger partial charge in [0.05, 0.1) is 10.8 Å². The van der Waals surface area contributed by atoms with E-state index in [9.17, 15) is 0 Å². The average Bonchev–Trinajstić information content (AvgIpc) is 2.81. The number of hydrogen-bond donors (Lipinski definition) is 0. The molecule has 84 valence electrons. The summed E-state index contributed by atoms with van der Waals surface area (Å²) in [5.74, 6) is 0.956. The SMILES string of the molecule is CCCOc1ccc(Sc2cccs2)cc1. The molecule has 0 radical (unpaired) electrons. The van der Waals surface area contributed by atoms with Crippen molar-refractivity contribution in [2.24, 2.45) is 0 Å². The largest absolute Gasteiger partial charge is 0.494 e. The average molecular weight is 250 g/mol. The lowest BCUT2D eigenvalue weighted by Gasteiger charge is -2.04. The van der Waals surface area contributed by atoms with E-state index in [0.29, 0.717) is 0 Å². The maximum Gasteiger partial charge on any atom is 0.119 e. The molecule has 0 N–H and O–H groups in total. The molecule has 0 aliphatic rings. The molecular formula is C13H14OS2. The van der Waals surface area contributed by atoms with Crippen LogP contribution >= 0.6 is 23.1 Å². The molecule has 1 nitrogen and oxygen atoms in total. The van der Waals surface area contributed by atoms with Gasteiger partial charge in [0.15, 0.2) is 0 Å². The lowest BCUT2D eigenvalue weighted by atomic mass is 10.3. The third-order valence-electron chi connectivity index (χ3n) is 2.01. The molecule has 2 aromatic rings. The zero-order valence-corrected chi connectivity index (χ0v) is 10.8. The molecular weight excluding hydrogens is 236 g/mol. The van der Waals surface area contributed by atoms with Gasteiger partial charge in [0.1, 0.15) is 5.75 Å². The Labute approximate surface area is 104 Å². The van der Waals surface area contributed by atoms with Crippen molar-refractivity contribution in [3.05, 3.63) is 41.8 Å². The molecule has 0 saturated heterocycles. The van der Waals surface area contributed by atoms with Gasteiger partial charge in [-0.05, 0) is 42.1 Å². The molecule has 0 atom stereocenters. The molecule has 1 aromatic carbocycles. The van der Waals surface area contributed by atoms with Crippen LogP contribution in [-0.2, 0) is 0 Å². The van der Waals surface area contributed by atoms with Gasteiger partial charge in [0, 0.05) is 4.90 Å². The van der Waals surface area contributed by atoms with Crippen LogP contribution in [0.4, 0.5) is 0 Å². The van der Waals surface area contributed by atoms with Crippen LogP contribution in [0, 0.1) is 0 Å². The fourth-order valence-electron chi connectivity index (χ4n) is 1.26. The number of ether oxygens (including phenoxy) is 1. The first kappa shape index (κ1) is 11.6. The van der Waals surface area contributed by atoms with Gasteiger partial charge in [-0.15, -0.1) is 11.3 Å². The molecule has 0 unspecified atom stereocenters. The Balaban J connectivity index is 1.96. The molecule has 0 aliphatic carbocycles. The lowest BCUT2D eigenvalue weighted by molar-refractivity contribution is 0.317. The summed E-state index contributed by atoms with van der Waals surface area (Å²) in [5.41, 5.74) is 0. The van der Waals surface area contributed by atoms with E-state index in [1.807, 2.05) is 12.1 Å². The highest BCUT2D eigenvalue weighted by Gasteiger charge is 1.98. The minimum Gasteiger partial charge on any atom is -0.494 e. The molecule has 16 heavy (non-hydrogen) atoms. The summed E-state index contributed by atoms with van der Waals surface area (Å²) in [6.07, 6.45) is 1.05. The van der Waals surface area contributed by atoms with Crippen molar-refractivity contribution in [1.29, 1.82) is 0 Å². The smallest absolute Gasteiger partial charge is 0.119 e. The molecule has 0 fully saturated rings. The van der Waals surface area contributed by atoms with Crippen molar-refractivity contribution in [3.63, 3.8) is 0 Å². The fourth-order valence-corrected chi connectivity index (χ4v) is 3.01. The zero-order valence-electron chi connectivity index (χ0n) is 9.18. The topological polar surface area (TPSA) is 9.23 Å². The van der Waals surface area contributed by atoms with E-state index in [1.165, 1.54) is 9.10 Å². The van der Waals surface area contributed by atoms with Crippen LogP contribution in [-0.4, -0.2) is 6.61 Å². The Morgan fingerprint density at radius 2 is 2.00 bits per heavy atom. The monoisotopic (exact) mass is 250 g/mol. The van der Waals surface area contributed by atoms with Crippen LogP contribution in [0.3, 0.4) is 0 Å². The van der Waals surface area contributed by atoms with Gasteiger partial charge in [-0.2, -0.15) is 0 Å². The van der Waals surface area contributed by atoms with Gasteiger partial charge in [-0.3, -0.25) is 0 Å². The van der Waals surface area contributed by atoms with Crippen molar-refractivity contribution in [2.45, 2.75) is 22.4 Å². The predicted molar refractivity (Wildman–Crippen MR) is 70.7 cm³/mol. The van der Waals surface area contributed by atoms with Gasteiger partial charge >= 0.3 is 0 Å². The summed E-state index contributed by atoms with van der Waals surface area (Å²) in [6.45, 7) is 2.90. The number of benzene rings is 1. The van der Waals surface area contributed by atoms with Crippen molar-refractivity contribution in [3.8, 4) is 5.75 Å². The summed E-state index contributed by atoms with van der Waals surface area (Å²) in [6, 6.07) is 12.5.